The Balaban J connectivity index is 2.28. The summed E-state index contributed by atoms with van der Waals surface area (Å²) in [5.74, 6) is 2.70. The molecule has 0 heterocycles. The highest BCUT2D eigenvalue weighted by atomic mass is 32.2. The normalized spacial score (nSPS) is 17.7. The highest BCUT2D eigenvalue weighted by Gasteiger charge is 2.37. The molecule has 0 atom stereocenters. The monoisotopic (exact) mass is 370 g/mol. The first kappa shape index (κ1) is 20.6. The van der Waals surface area contributed by atoms with Crippen LogP contribution >= 0.6 is 11.8 Å². The zero-order chi connectivity index (χ0) is 19.5. The fourth-order valence-electron chi connectivity index (χ4n) is 3.37. The van der Waals surface area contributed by atoms with Crippen molar-refractivity contribution in [3.8, 4) is 11.2 Å². The van der Waals surface area contributed by atoms with Gasteiger partial charge in [-0.2, -0.15) is 0 Å². The van der Waals surface area contributed by atoms with Crippen molar-refractivity contribution in [2.24, 2.45) is 0 Å². The molecule has 0 radical (unpaired) electrons. The Bertz CT molecular complexity index is 788. The fraction of sp³-hybridized carbons (Fsp3) is 0.522. The van der Waals surface area contributed by atoms with Crippen molar-refractivity contribution in [1.29, 1.82) is 0 Å². The Kier molecular flexibility index (Phi) is 6.29. The predicted molar refractivity (Wildman–Crippen MR) is 110 cm³/mol. The lowest BCUT2D eigenvalue weighted by Gasteiger charge is -2.42. The zero-order valence-electron chi connectivity index (χ0n) is 17.1. The third-order valence-electron chi connectivity index (χ3n) is 5.18. The maximum atomic E-state index is 11.5. The van der Waals surface area contributed by atoms with Crippen LogP contribution in [0.2, 0.25) is 0 Å². The molecule has 1 aliphatic carbocycles. The van der Waals surface area contributed by atoms with E-state index in [-0.39, 0.29) is 16.8 Å². The molecule has 0 aromatic heterocycles. The van der Waals surface area contributed by atoms with Gasteiger partial charge in [0.1, 0.15) is 0 Å². The van der Waals surface area contributed by atoms with E-state index in [0.29, 0.717) is 12.2 Å². The summed E-state index contributed by atoms with van der Waals surface area (Å²) in [4.78, 5) is 12.7. The molecule has 0 saturated carbocycles. The molecule has 0 aliphatic heterocycles. The van der Waals surface area contributed by atoms with Crippen LogP contribution in [-0.2, 0) is 20.4 Å². The number of carbonyl (C=O) groups is 1. The molecular formula is C23H30O2S. The number of fused-ring (bicyclic) bond motifs is 1. The van der Waals surface area contributed by atoms with Crippen LogP contribution in [0, 0.1) is 18.1 Å². The number of ether oxygens (including phenoxy) is 1. The van der Waals surface area contributed by atoms with Gasteiger partial charge in [0, 0.05) is 16.5 Å². The van der Waals surface area contributed by atoms with Crippen molar-refractivity contribution in [2.45, 2.75) is 77.0 Å². The van der Waals surface area contributed by atoms with Gasteiger partial charge >= 0.3 is 5.97 Å². The first-order valence-electron chi connectivity index (χ1n) is 9.25. The molecule has 0 saturated heterocycles. The number of hydrogen-bond donors (Lipinski definition) is 0. The minimum atomic E-state index is -0.335. The van der Waals surface area contributed by atoms with Gasteiger partial charge < -0.3 is 4.74 Å². The fourth-order valence-corrected chi connectivity index (χ4v) is 4.09. The molecule has 0 amide bonds. The van der Waals surface area contributed by atoms with E-state index in [4.69, 9.17) is 4.74 Å². The lowest BCUT2D eigenvalue weighted by molar-refractivity contribution is -0.137. The van der Waals surface area contributed by atoms with E-state index in [9.17, 15) is 4.79 Å². The van der Waals surface area contributed by atoms with Gasteiger partial charge in [0.2, 0.25) is 0 Å². The molecule has 0 spiro atoms. The third kappa shape index (κ3) is 4.74. The summed E-state index contributed by atoms with van der Waals surface area (Å²) in [7, 11) is 0. The molecule has 0 unspecified atom stereocenters. The average molecular weight is 371 g/mol. The van der Waals surface area contributed by atoms with Crippen molar-refractivity contribution in [3.63, 3.8) is 0 Å². The van der Waals surface area contributed by atoms with E-state index >= 15 is 0 Å². The topological polar surface area (TPSA) is 26.3 Å². The summed E-state index contributed by atoms with van der Waals surface area (Å²) >= 11 is 1.54. The van der Waals surface area contributed by atoms with Crippen LogP contribution in [0.1, 0.15) is 71.1 Å². The molecule has 3 heteroatoms. The number of aryl methyl sites for hydroxylation is 1. The maximum absolute atomic E-state index is 11.5. The zero-order valence-corrected chi connectivity index (χ0v) is 17.9. The molecule has 0 bridgehead atoms. The predicted octanol–water partition coefficient (Wildman–Crippen LogP) is 5.91. The highest BCUT2D eigenvalue weighted by molar-refractivity contribution is 8.04. The van der Waals surface area contributed by atoms with Crippen molar-refractivity contribution < 1.29 is 9.53 Å². The molecule has 0 N–H and O–H groups in total. The van der Waals surface area contributed by atoms with Gasteiger partial charge in [-0.3, -0.25) is 0 Å². The summed E-state index contributed by atoms with van der Waals surface area (Å²) in [6.45, 7) is 15.5. The van der Waals surface area contributed by atoms with Gasteiger partial charge in [0.25, 0.3) is 0 Å². The van der Waals surface area contributed by atoms with Crippen LogP contribution in [-0.4, -0.2) is 12.6 Å². The van der Waals surface area contributed by atoms with Gasteiger partial charge in [-0.25, -0.2) is 4.79 Å². The standard InChI is InChI=1S/C23H30O2S/c1-8-25-21(24)13-16(2)9-12-26-20-15-19-18(14-17(20)3)22(4,5)10-11-23(19,6)7/h13-15H,8,10-11H2,1-7H3. The quantitative estimate of drug-likeness (QED) is 0.286. The van der Waals surface area contributed by atoms with Crippen molar-refractivity contribution in [3.05, 3.63) is 40.5 Å². The molecule has 1 aliphatic rings. The van der Waals surface area contributed by atoms with Gasteiger partial charge in [0.15, 0.2) is 0 Å². The summed E-state index contributed by atoms with van der Waals surface area (Å²) in [6, 6.07) is 4.68. The number of rotatable bonds is 3. The van der Waals surface area contributed by atoms with E-state index in [1.807, 2.05) is 6.92 Å². The number of allylic oxidation sites excluding steroid dienone is 1. The van der Waals surface area contributed by atoms with Gasteiger partial charge in [0.05, 0.1) is 6.61 Å². The van der Waals surface area contributed by atoms with Gasteiger partial charge in [-0.1, -0.05) is 39.7 Å². The largest absolute Gasteiger partial charge is 0.463 e. The molecule has 2 rings (SSSR count). The molecular weight excluding hydrogens is 340 g/mol. The second kappa shape index (κ2) is 7.92. The van der Waals surface area contributed by atoms with E-state index in [1.54, 1.807) is 6.92 Å². The highest BCUT2D eigenvalue weighted by Crippen LogP contribution is 2.47. The first-order valence-corrected chi connectivity index (χ1v) is 10.1. The Morgan fingerprint density at radius 2 is 1.77 bits per heavy atom. The van der Waals surface area contributed by atoms with Crippen LogP contribution in [0.15, 0.2) is 28.7 Å². The second-order valence-corrected chi connectivity index (χ2v) is 9.19. The number of benzene rings is 1. The van der Waals surface area contributed by atoms with Gasteiger partial charge in [-0.05, 0) is 84.2 Å². The van der Waals surface area contributed by atoms with Gasteiger partial charge in [-0.15, -0.1) is 0 Å². The number of carbonyl (C=O) groups excluding carboxylic acids is 1. The molecule has 1 aromatic carbocycles. The Labute approximate surface area is 162 Å². The maximum Gasteiger partial charge on any atom is 0.331 e. The van der Waals surface area contributed by atoms with Crippen LogP contribution in [0.5, 0.6) is 0 Å². The molecule has 26 heavy (non-hydrogen) atoms. The van der Waals surface area contributed by atoms with E-state index in [0.717, 1.165) is 0 Å². The summed E-state index contributed by atoms with van der Waals surface area (Å²) in [6.07, 6.45) is 3.87. The Morgan fingerprint density at radius 1 is 1.19 bits per heavy atom. The Morgan fingerprint density at radius 3 is 2.35 bits per heavy atom. The van der Waals surface area contributed by atoms with E-state index in [1.165, 1.54) is 52.3 Å². The number of esters is 1. The van der Waals surface area contributed by atoms with Crippen LogP contribution < -0.4 is 0 Å². The number of thioether (sulfide) groups is 1. The molecule has 2 nitrogen and oxygen atoms in total. The van der Waals surface area contributed by atoms with E-state index in [2.05, 4.69) is 57.9 Å². The third-order valence-corrected chi connectivity index (χ3v) is 6.04. The van der Waals surface area contributed by atoms with Crippen LogP contribution in [0.25, 0.3) is 0 Å². The Hall–Kier alpha value is -1.66. The summed E-state index contributed by atoms with van der Waals surface area (Å²) < 4.78 is 4.91. The smallest absolute Gasteiger partial charge is 0.331 e. The minimum absolute atomic E-state index is 0.195. The first-order chi connectivity index (χ1) is 12.1. The number of hydrogen-bond acceptors (Lipinski definition) is 3. The summed E-state index contributed by atoms with van der Waals surface area (Å²) in [5, 5.41) is 3.14. The molecule has 0 fully saturated rings. The minimum Gasteiger partial charge on any atom is -0.463 e. The average Bonchev–Trinajstić information content (AvgIpc) is 2.53. The van der Waals surface area contributed by atoms with Crippen LogP contribution in [0.4, 0.5) is 0 Å². The summed E-state index contributed by atoms with van der Waals surface area (Å²) in [5.41, 5.74) is 5.32. The molecule has 140 valence electrons. The van der Waals surface area contributed by atoms with Crippen LogP contribution in [0.3, 0.4) is 0 Å². The second-order valence-electron chi connectivity index (χ2n) is 8.34. The van der Waals surface area contributed by atoms with Crippen molar-refractivity contribution in [2.75, 3.05) is 6.61 Å². The van der Waals surface area contributed by atoms with Crippen molar-refractivity contribution in [1.82, 2.24) is 0 Å². The molecule has 1 aromatic rings. The van der Waals surface area contributed by atoms with E-state index < -0.39 is 0 Å². The lowest BCUT2D eigenvalue weighted by Crippen LogP contribution is -2.34. The van der Waals surface area contributed by atoms with Crippen molar-refractivity contribution >= 4 is 17.7 Å². The SMILES string of the molecule is CCOC(=O)C=C(C)C#CSc1cc2c(cc1C)C(C)(C)CCC2(C)C. The lowest BCUT2D eigenvalue weighted by atomic mass is 9.63.